The zero-order valence-electron chi connectivity index (χ0n) is 17.1. The van der Waals surface area contributed by atoms with Crippen LogP contribution in [0.5, 0.6) is 5.75 Å². The summed E-state index contributed by atoms with van der Waals surface area (Å²) in [6.45, 7) is 3.41. The summed E-state index contributed by atoms with van der Waals surface area (Å²) >= 11 is 5.85. The molecule has 31 heavy (non-hydrogen) atoms. The summed E-state index contributed by atoms with van der Waals surface area (Å²) in [4.78, 5) is 4.54. The summed E-state index contributed by atoms with van der Waals surface area (Å²) in [5.41, 5.74) is 1.46. The normalized spacial score (nSPS) is 11.5. The minimum Gasteiger partial charge on any atom is -0.495 e. The van der Waals surface area contributed by atoms with Crippen LogP contribution < -0.4 is 20.7 Å². The van der Waals surface area contributed by atoms with Crippen molar-refractivity contribution >= 4 is 52.7 Å². The van der Waals surface area contributed by atoms with E-state index in [4.69, 9.17) is 16.3 Å². The van der Waals surface area contributed by atoms with Crippen molar-refractivity contribution in [3.63, 3.8) is 0 Å². The molecule has 10 heteroatoms. The van der Waals surface area contributed by atoms with E-state index >= 15 is 0 Å². The molecule has 0 aliphatic heterocycles. The summed E-state index contributed by atoms with van der Waals surface area (Å²) in [5.74, 6) is 1.04. The Morgan fingerprint density at radius 1 is 1.06 bits per heavy atom. The van der Waals surface area contributed by atoms with Gasteiger partial charge in [0.1, 0.15) is 30.3 Å². The molecule has 0 radical (unpaired) electrons. The Kier molecular flexibility index (Phi) is 5.60. The van der Waals surface area contributed by atoms with Crippen molar-refractivity contribution in [3.8, 4) is 5.75 Å². The number of methoxy groups -OCH3 is 1. The lowest BCUT2D eigenvalue weighted by Gasteiger charge is -2.15. The molecule has 0 spiro atoms. The van der Waals surface area contributed by atoms with Crippen molar-refractivity contribution < 1.29 is 13.7 Å². The van der Waals surface area contributed by atoms with E-state index in [-0.39, 0.29) is 5.69 Å². The van der Waals surface area contributed by atoms with Gasteiger partial charge in [0.05, 0.1) is 24.7 Å². The SMILES string of the molecule is COc1cc(P(C)(C)=O)ccc1Nc1cc(Nc2ccc(Cl)cc2F)n2nccc2n1. The highest BCUT2D eigenvalue weighted by Gasteiger charge is 2.16. The maximum atomic E-state index is 14.3. The number of ether oxygens (including phenoxy) is 1. The minimum absolute atomic E-state index is 0.252. The van der Waals surface area contributed by atoms with Gasteiger partial charge in [-0.3, -0.25) is 0 Å². The van der Waals surface area contributed by atoms with E-state index in [0.29, 0.717) is 33.7 Å². The first-order valence-corrected chi connectivity index (χ1v) is 12.3. The molecule has 0 aliphatic carbocycles. The van der Waals surface area contributed by atoms with Gasteiger partial charge in [0.2, 0.25) is 0 Å². The summed E-state index contributed by atoms with van der Waals surface area (Å²) in [7, 11) is -0.884. The molecule has 0 saturated carbocycles. The molecule has 0 saturated heterocycles. The number of hydrogen-bond donors (Lipinski definition) is 2. The van der Waals surface area contributed by atoms with Crippen molar-refractivity contribution in [2.24, 2.45) is 0 Å². The van der Waals surface area contributed by atoms with Crippen LogP contribution in [0.3, 0.4) is 0 Å². The fourth-order valence-corrected chi connectivity index (χ4v) is 4.07. The molecule has 7 nitrogen and oxygen atoms in total. The van der Waals surface area contributed by atoms with Crippen molar-refractivity contribution in [1.82, 2.24) is 14.6 Å². The predicted molar refractivity (Wildman–Crippen MR) is 123 cm³/mol. The lowest BCUT2D eigenvalue weighted by molar-refractivity contribution is 0.417. The number of aromatic nitrogens is 3. The Labute approximate surface area is 183 Å². The Bertz CT molecular complexity index is 1320. The molecule has 0 unspecified atom stereocenters. The van der Waals surface area contributed by atoms with Gasteiger partial charge in [-0.15, -0.1) is 0 Å². The lowest BCUT2D eigenvalue weighted by Crippen LogP contribution is -2.07. The number of hydrogen-bond acceptors (Lipinski definition) is 6. The van der Waals surface area contributed by atoms with E-state index in [1.807, 2.05) is 0 Å². The first kappa shape index (κ1) is 21.2. The zero-order valence-corrected chi connectivity index (χ0v) is 18.7. The van der Waals surface area contributed by atoms with Crippen LogP contribution in [0.2, 0.25) is 5.02 Å². The molecule has 0 aliphatic rings. The Balaban J connectivity index is 1.72. The zero-order chi connectivity index (χ0) is 22.2. The van der Waals surface area contributed by atoms with Gasteiger partial charge in [-0.1, -0.05) is 11.6 Å². The summed E-state index contributed by atoms with van der Waals surface area (Å²) in [6, 6.07) is 13.2. The molecule has 2 aromatic carbocycles. The van der Waals surface area contributed by atoms with E-state index in [9.17, 15) is 8.96 Å². The average Bonchev–Trinajstić information content (AvgIpc) is 3.18. The van der Waals surface area contributed by atoms with Gasteiger partial charge in [0.15, 0.2) is 5.65 Å². The van der Waals surface area contributed by atoms with E-state index in [1.54, 1.807) is 73.6 Å². The standard InChI is InChI=1S/C21H20ClFN5O2P/c1-30-18-11-14(31(2,3)29)5-7-17(18)25-19-12-21(28-20(27-19)8-9-24-28)26-16-6-4-13(22)10-15(16)23/h4-12,26H,1-3H3,(H,25,27). The van der Waals surface area contributed by atoms with Gasteiger partial charge in [0, 0.05) is 22.5 Å². The monoisotopic (exact) mass is 459 g/mol. The topological polar surface area (TPSA) is 80.5 Å². The van der Waals surface area contributed by atoms with Gasteiger partial charge in [0.25, 0.3) is 0 Å². The lowest BCUT2D eigenvalue weighted by atomic mass is 10.3. The summed E-state index contributed by atoms with van der Waals surface area (Å²) in [6.07, 6.45) is 1.60. The third-order valence-electron chi connectivity index (χ3n) is 4.62. The smallest absolute Gasteiger partial charge is 0.159 e. The number of anilines is 4. The number of nitrogens with zero attached hydrogens (tertiary/aromatic N) is 3. The van der Waals surface area contributed by atoms with Crippen molar-refractivity contribution in [2.75, 3.05) is 31.1 Å². The third-order valence-corrected chi connectivity index (χ3v) is 6.38. The molecule has 2 aromatic heterocycles. The molecule has 0 fully saturated rings. The molecule has 2 heterocycles. The molecule has 4 rings (SSSR count). The maximum absolute atomic E-state index is 14.3. The van der Waals surface area contributed by atoms with Crippen molar-refractivity contribution in [3.05, 3.63) is 65.6 Å². The van der Waals surface area contributed by atoms with Crippen LogP contribution in [0.1, 0.15) is 0 Å². The number of nitrogens with one attached hydrogen (secondary N) is 2. The van der Waals surface area contributed by atoms with Crippen LogP contribution in [0.4, 0.5) is 27.4 Å². The molecule has 0 atom stereocenters. The van der Waals surface area contributed by atoms with Crippen LogP contribution in [0.25, 0.3) is 5.65 Å². The molecular formula is C21H20ClFN5O2P. The number of benzene rings is 2. The van der Waals surface area contributed by atoms with Crippen LogP contribution in [-0.4, -0.2) is 35.0 Å². The second kappa shape index (κ2) is 8.21. The van der Waals surface area contributed by atoms with E-state index in [1.165, 1.54) is 6.07 Å². The molecule has 160 valence electrons. The molecule has 0 amide bonds. The Hall–Kier alpha value is -3.09. The van der Waals surface area contributed by atoms with Gasteiger partial charge < -0.3 is 19.9 Å². The van der Waals surface area contributed by atoms with E-state index in [0.717, 1.165) is 5.30 Å². The quantitative estimate of drug-likeness (QED) is 0.382. The molecule has 0 bridgehead atoms. The summed E-state index contributed by atoms with van der Waals surface area (Å²) in [5, 5.41) is 11.5. The van der Waals surface area contributed by atoms with Gasteiger partial charge in [-0.25, -0.2) is 9.37 Å². The van der Waals surface area contributed by atoms with Gasteiger partial charge in [-0.05, 0) is 49.7 Å². The number of halogens is 2. The van der Waals surface area contributed by atoms with Crippen molar-refractivity contribution in [2.45, 2.75) is 0 Å². The largest absolute Gasteiger partial charge is 0.495 e. The third kappa shape index (κ3) is 4.50. The van der Waals surface area contributed by atoms with E-state index in [2.05, 4.69) is 20.7 Å². The second-order valence-electron chi connectivity index (χ2n) is 7.24. The predicted octanol–water partition coefficient (Wildman–Crippen LogP) is 5.27. The highest BCUT2D eigenvalue weighted by Crippen LogP contribution is 2.38. The van der Waals surface area contributed by atoms with Crippen LogP contribution in [0, 0.1) is 5.82 Å². The first-order chi connectivity index (χ1) is 14.7. The maximum Gasteiger partial charge on any atom is 0.159 e. The van der Waals surface area contributed by atoms with Gasteiger partial charge >= 0.3 is 0 Å². The molecule has 4 aromatic rings. The van der Waals surface area contributed by atoms with E-state index < -0.39 is 13.0 Å². The first-order valence-electron chi connectivity index (χ1n) is 9.32. The highest BCUT2D eigenvalue weighted by atomic mass is 35.5. The molecular weight excluding hydrogens is 440 g/mol. The number of fused-ring (bicyclic) bond motifs is 1. The average molecular weight is 460 g/mol. The van der Waals surface area contributed by atoms with Crippen LogP contribution in [-0.2, 0) is 4.57 Å². The Morgan fingerprint density at radius 3 is 2.55 bits per heavy atom. The summed E-state index contributed by atoms with van der Waals surface area (Å²) < 4.78 is 33.7. The second-order valence-corrected chi connectivity index (χ2v) is 10.9. The fraction of sp³-hybridized carbons (Fsp3) is 0.143. The Morgan fingerprint density at radius 2 is 1.84 bits per heavy atom. The van der Waals surface area contributed by atoms with Crippen LogP contribution in [0.15, 0.2) is 54.7 Å². The highest BCUT2D eigenvalue weighted by molar-refractivity contribution is 7.70. The molecule has 2 N–H and O–H groups in total. The number of rotatable bonds is 6. The van der Waals surface area contributed by atoms with Crippen LogP contribution >= 0.6 is 18.7 Å². The fourth-order valence-electron chi connectivity index (χ4n) is 3.05. The minimum atomic E-state index is -2.43. The van der Waals surface area contributed by atoms with Crippen molar-refractivity contribution in [1.29, 1.82) is 0 Å². The van der Waals surface area contributed by atoms with Gasteiger partial charge in [-0.2, -0.15) is 9.61 Å².